The van der Waals surface area contributed by atoms with Crippen LogP contribution in [-0.2, 0) is 18.3 Å². The SMILES string of the molecule is CNc1nccnc1[C@H]1CN(Cc2c(C)nn(C)c2C)CCO1. The average Bonchev–Trinajstić information content (AvgIpc) is 2.81. The summed E-state index contributed by atoms with van der Waals surface area (Å²) in [7, 11) is 3.85. The Balaban J connectivity index is 1.76. The number of nitrogens with zero attached hydrogens (tertiary/aromatic N) is 5. The largest absolute Gasteiger partial charge is 0.372 e. The van der Waals surface area contributed by atoms with Gasteiger partial charge in [-0.3, -0.25) is 14.6 Å². The number of nitrogens with one attached hydrogen (secondary N) is 1. The molecule has 3 rings (SSSR count). The first-order chi connectivity index (χ1) is 11.1. The van der Waals surface area contributed by atoms with E-state index >= 15 is 0 Å². The van der Waals surface area contributed by atoms with Crippen molar-refractivity contribution in [2.24, 2.45) is 7.05 Å². The van der Waals surface area contributed by atoms with Crippen molar-refractivity contribution in [3.63, 3.8) is 0 Å². The number of hydrogen-bond acceptors (Lipinski definition) is 6. The van der Waals surface area contributed by atoms with Crippen LogP contribution >= 0.6 is 0 Å². The molecule has 0 saturated carbocycles. The third-order valence-electron chi connectivity index (χ3n) is 4.46. The van der Waals surface area contributed by atoms with Gasteiger partial charge in [-0.1, -0.05) is 0 Å². The molecule has 0 spiro atoms. The zero-order chi connectivity index (χ0) is 16.4. The van der Waals surface area contributed by atoms with Gasteiger partial charge in [0.1, 0.15) is 17.6 Å². The molecule has 0 radical (unpaired) electrons. The second-order valence-corrected chi connectivity index (χ2v) is 5.91. The number of aryl methyl sites for hydroxylation is 2. The van der Waals surface area contributed by atoms with Gasteiger partial charge in [-0.15, -0.1) is 0 Å². The highest BCUT2D eigenvalue weighted by atomic mass is 16.5. The van der Waals surface area contributed by atoms with E-state index < -0.39 is 0 Å². The molecule has 124 valence electrons. The molecule has 0 bridgehead atoms. The molecule has 0 aromatic carbocycles. The maximum atomic E-state index is 5.94. The lowest BCUT2D eigenvalue weighted by atomic mass is 10.1. The predicted octanol–water partition coefficient (Wildman–Crippen LogP) is 1.44. The molecule has 23 heavy (non-hydrogen) atoms. The smallest absolute Gasteiger partial charge is 0.150 e. The number of morpholine rings is 1. The Morgan fingerprint density at radius 1 is 1.30 bits per heavy atom. The Morgan fingerprint density at radius 3 is 2.78 bits per heavy atom. The van der Waals surface area contributed by atoms with Gasteiger partial charge in [0.25, 0.3) is 0 Å². The molecule has 0 aliphatic carbocycles. The summed E-state index contributed by atoms with van der Waals surface area (Å²) in [5.41, 5.74) is 4.50. The van der Waals surface area contributed by atoms with Crippen molar-refractivity contribution in [3.8, 4) is 0 Å². The molecule has 1 fully saturated rings. The Kier molecular flexibility index (Phi) is 4.58. The highest BCUT2D eigenvalue weighted by Crippen LogP contribution is 2.26. The van der Waals surface area contributed by atoms with E-state index in [9.17, 15) is 0 Å². The summed E-state index contributed by atoms with van der Waals surface area (Å²) in [6, 6.07) is 0. The van der Waals surface area contributed by atoms with Crippen molar-refractivity contribution in [1.29, 1.82) is 0 Å². The van der Waals surface area contributed by atoms with Crippen LogP contribution in [0, 0.1) is 13.8 Å². The molecule has 2 aromatic heterocycles. The van der Waals surface area contributed by atoms with E-state index in [0.29, 0.717) is 6.61 Å². The van der Waals surface area contributed by atoms with E-state index in [1.807, 2.05) is 18.8 Å². The minimum atomic E-state index is -0.0582. The van der Waals surface area contributed by atoms with Crippen LogP contribution in [0.15, 0.2) is 12.4 Å². The first kappa shape index (κ1) is 15.9. The summed E-state index contributed by atoms with van der Waals surface area (Å²) in [5.74, 6) is 0.785. The summed E-state index contributed by atoms with van der Waals surface area (Å²) >= 11 is 0. The quantitative estimate of drug-likeness (QED) is 0.920. The minimum absolute atomic E-state index is 0.0582. The van der Waals surface area contributed by atoms with E-state index in [1.54, 1.807) is 12.4 Å². The lowest BCUT2D eigenvalue weighted by Crippen LogP contribution is -2.38. The van der Waals surface area contributed by atoms with Gasteiger partial charge in [-0.25, -0.2) is 4.98 Å². The van der Waals surface area contributed by atoms with Crippen LogP contribution in [0.25, 0.3) is 0 Å². The van der Waals surface area contributed by atoms with Crippen molar-refractivity contribution in [2.45, 2.75) is 26.5 Å². The summed E-state index contributed by atoms with van der Waals surface area (Å²) in [4.78, 5) is 11.2. The second kappa shape index (κ2) is 6.64. The van der Waals surface area contributed by atoms with Crippen LogP contribution in [0.5, 0.6) is 0 Å². The van der Waals surface area contributed by atoms with Crippen LogP contribution in [0.1, 0.15) is 28.7 Å². The van der Waals surface area contributed by atoms with Crippen molar-refractivity contribution < 1.29 is 4.74 Å². The summed E-state index contributed by atoms with van der Waals surface area (Å²) in [6.07, 6.45) is 3.35. The van der Waals surface area contributed by atoms with Crippen LogP contribution < -0.4 is 5.32 Å². The van der Waals surface area contributed by atoms with Crippen molar-refractivity contribution in [3.05, 3.63) is 35.0 Å². The van der Waals surface area contributed by atoms with E-state index in [4.69, 9.17) is 4.74 Å². The van der Waals surface area contributed by atoms with Crippen molar-refractivity contribution in [2.75, 3.05) is 32.1 Å². The van der Waals surface area contributed by atoms with Gasteiger partial charge in [-0.2, -0.15) is 5.10 Å². The van der Waals surface area contributed by atoms with Crippen LogP contribution in [0.2, 0.25) is 0 Å². The average molecular weight is 316 g/mol. The van der Waals surface area contributed by atoms with E-state index in [-0.39, 0.29) is 6.10 Å². The zero-order valence-corrected chi connectivity index (χ0v) is 14.2. The van der Waals surface area contributed by atoms with Crippen LogP contribution in [-0.4, -0.2) is 51.4 Å². The first-order valence-electron chi connectivity index (χ1n) is 7.91. The molecule has 0 amide bonds. The normalized spacial score (nSPS) is 19.0. The van der Waals surface area contributed by atoms with E-state index in [2.05, 4.69) is 39.1 Å². The van der Waals surface area contributed by atoms with Crippen LogP contribution in [0.4, 0.5) is 5.82 Å². The number of aromatic nitrogens is 4. The van der Waals surface area contributed by atoms with E-state index in [1.165, 1.54) is 11.3 Å². The minimum Gasteiger partial charge on any atom is -0.372 e. The molecule has 0 unspecified atom stereocenters. The topological polar surface area (TPSA) is 68.1 Å². The molecule has 1 aliphatic heterocycles. The summed E-state index contributed by atoms with van der Waals surface area (Å²) < 4.78 is 7.88. The first-order valence-corrected chi connectivity index (χ1v) is 7.91. The Hall–Kier alpha value is -1.99. The lowest BCUT2D eigenvalue weighted by Gasteiger charge is -2.33. The van der Waals surface area contributed by atoms with Gasteiger partial charge < -0.3 is 10.1 Å². The summed E-state index contributed by atoms with van der Waals surface area (Å²) in [6.45, 7) is 7.50. The highest BCUT2D eigenvalue weighted by molar-refractivity contribution is 5.40. The Bertz CT molecular complexity index is 683. The van der Waals surface area contributed by atoms with Gasteiger partial charge in [-0.05, 0) is 13.8 Å². The maximum Gasteiger partial charge on any atom is 0.150 e. The van der Waals surface area contributed by atoms with Gasteiger partial charge in [0, 0.05) is 57.4 Å². The van der Waals surface area contributed by atoms with Gasteiger partial charge in [0.05, 0.1) is 12.3 Å². The molecule has 3 heterocycles. The summed E-state index contributed by atoms with van der Waals surface area (Å²) in [5, 5.41) is 7.60. The maximum absolute atomic E-state index is 5.94. The monoisotopic (exact) mass is 316 g/mol. The van der Waals surface area contributed by atoms with Crippen molar-refractivity contribution >= 4 is 5.82 Å². The predicted molar refractivity (Wildman–Crippen MR) is 88.2 cm³/mol. The molecule has 1 N–H and O–H groups in total. The number of hydrogen-bond donors (Lipinski definition) is 1. The third-order valence-corrected chi connectivity index (χ3v) is 4.46. The molecule has 7 heteroatoms. The van der Waals surface area contributed by atoms with Crippen molar-refractivity contribution in [1.82, 2.24) is 24.6 Å². The van der Waals surface area contributed by atoms with Gasteiger partial charge in [0.15, 0.2) is 0 Å². The number of ether oxygens (including phenoxy) is 1. The van der Waals surface area contributed by atoms with Crippen LogP contribution in [0.3, 0.4) is 0 Å². The van der Waals surface area contributed by atoms with Gasteiger partial charge in [0.2, 0.25) is 0 Å². The van der Waals surface area contributed by atoms with Gasteiger partial charge >= 0.3 is 0 Å². The molecule has 1 atom stereocenters. The fourth-order valence-corrected chi connectivity index (χ4v) is 3.06. The molecule has 1 aliphatic rings. The number of rotatable bonds is 4. The van der Waals surface area contributed by atoms with E-state index in [0.717, 1.165) is 36.8 Å². The molecular formula is C16H24N6O. The lowest BCUT2D eigenvalue weighted by molar-refractivity contribution is -0.0348. The molecule has 1 saturated heterocycles. The fourth-order valence-electron chi connectivity index (χ4n) is 3.06. The fraction of sp³-hybridized carbons (Fsp3) is 0.562. The highest BCUT2D eigenvalue weighted by Gasteiger charge is 2.26. The Morgan fingerprint density at radius 2 is 2.09 bits per heavy atom. The third kappa shape index (κ3) is 3.20. The number of anilines is 1. The standard InChI is InChI=1S/C16H24N6O/c1-11-13(12(2)21(4)20-11)9-22-7-8-23-14(10-22)15-16(17-3)19-6-5-18-15/h5-6,14H,7-10H2,1-4H3,(H,17,19)/t14-/m1/s1. The molecular weight excluding hydrogens is 292 g/mol. The Labute approximate surface area is 136 Å². The second-order valence-electron chi connectivity index (χ2n) is 5.91. The molecule has 7 nitrogen and oxygen atoms in total. The molecule has 2 aromatic rings. The zero-order valence-electron chi connectivity index (χ0n) is 14.2.